The van der Waals surface area contributed by atoms with Gasteiger partial charge in [0.1, 0.15) is 11.5 Å². The SMILES string of the molecule is Cc1cccc(S(=O)(=O)[C@H]2CCC3=Cc4c(ccn4-c4ccc(F)cc4)C[C@]3(C(=O)c3ccccn3)C2)c1. The van der Waals surface area contributed by atoms with E-state index in [9.17, 15) is 17.6 Å². The molecule has 0 spiro atoms. The summed E-state index contributed by atoms with van der Waals surface area (Å²) in [6, 6.07) is 20.5. The van der Waals surface area contributed by atoms with E-state index in [-0.39, 0.29) is 18.0 Å². The van der Waals surface area contributed by atoms with E-state index in [2.05, 4.69) is 4.98 Å². The van der Waals surface area contributed by atoms with Crippen LogP contribution in [0.2, 0.25) is 0 Å². The molecule has 2 aromatic heterocycles. The van der Waals surface area contributed by atoms with Gasteiger partial charge in [0.05, 0.1) is 15.6 Å². The molecule has 4 aromatic rings. The van der Waals surface area contributed by atoms with Crippen LogP contribution in [0.5, 0.6) is 0 Å². The van der Waals surface area contributed by atoms with E-state index < -0.39 is 20.5 Å². The third-order valence-corrected chi connectivity index (χ3v) is 10.1. The van der Waals surface area contributed by atoms with E-state index >= 15 is 0 Å². The number of fused-ring (bicyclic) bond motifs is 2. The van der Waals surface area contributed by atoms with Crippen LogP contribution < -0.4 is 0 Å². The van der Waals surface area contributed by atoms with Crippen molar-refractivity contribution < 1.29 is 17.6 Å². The molecule has 0 N–H and O–H groups in total. The Labute approximate surface area is 221 Å². The van der Waals surface area contributed by atoms with E-state index in [0.29, 0.717) is 29.9 Å². The number of benzene rings is 2. The standard InChI is InChI=1S/C31H27FN2O3S/c1-21-5-4-6-26(17-21)38(36,37)27-13-8-23-18-29-22(14-16-34(29)25-11-9-24(32)10-12-25)19-31(23,20-27)30(35)28-7-2-3-15-33-28/h2-7,9-12,14-18,27H,8,13,19-20H2,1H3/t27-,31-/m0/s1. The van der Waals surface area contributed by atoms with Crippen molar-refractivity contribution in [1.29, 1.82) is 0 Å². The van der Waals surface area contributed by atoms with Gasteiger partial charge in [0.2, 0.25) is 0 Å². The van der Waals surface area contributed by atoms with Crippen molar-refractivity contribution in [3.63, 3.8) is 0 Å². The fourth-order valence-electron chi connectivity index (χ4n) is 6.00. The molecule has 2 aliphatic rings. The number of pyridine rings is 1. The smallest absolute Gasteiger partial charge is 0.191 e. The molecule has 192 valence electrons. The molecular weight excluding hydrogens is 499 g/mol. The normalized spacial score (nSPS) is 20.8. The zero-order valence-corrected chi connectivity index (χ0v) is 21.8. The Kier molecular flexibility index (Phi) is 5.91. The van der Waals surface area contributed by atoms with Gasteiger partial charge in [-0.15, -0.1) is 0 Å². The summed E-state index contributed by atoms with van der Waals surface area (Å²) in [4.78, 5) is 18.8. The third kappa shape index (κ3) is 4.02. The minimum Gasteiger partial charge on any atom is -0.317 e. The number of aromatic nitrogens is 2. The second-order valence-electron chi connectivity index (χ2n) is 10.3. The molecule has 0 unspecified atom stereocenters. The predicted molar refractivity (Wildman–Crippen MR) is 144 cm³/mol. The lowest BCUT2D eigenvalue weighted by atomic mass is 9.61. The summed E-state index contributed by atoms with van der Waals surface area (Å²) in [7, 11) is -3.65. The Bertz CT molecular complexity index is 1670. The summed E-state index contributed by atoms with van der Waals surface area (Å²) in [6.45, 7) is 1.88. The minimum absolute atomic E-state index is 0.145. The Morgan fingerprint density at radius 1 is 1.05 bits per heavy atom. The maximum Gasteiger partial charge on any atom is 0.191 e. The van der Waals surface area contributed by atoms with Crippen LogP contribution in [0.25, 0.3) is 11.8 Å². The van der Waals surface area contributed by atoms with Crippen LogP contribution >= 0.6 is 0 Å². The van der Waals surface area contributed by atoms with Gasteiger partial charge in [-0.05, 0) is 104 Å². The van der Waals surface area contributed by atoms with Gasteiger partial charge in [0.15, 0.2) is 15.6 Å². The number of sulfone groups is 1. The Morgan fingerprint density at radius 2 is 1.87 bits per heavy atom. The van der Waals surface area contributed by atoms with Crippen molar-refractivity contribution in [2.24, 2.45) is 5.41 Å². The first kappa shape index (κ1) is 24.5. The summed E-state index contributed by atoms with van der Waals surface area (Å²) >= 11 is 0. The topological polar surface area (TPSA) is 69.0 Å². The van der Waals surface area contributed by atoms with Crippen molar-refractivity contribution >= 4 is 21.7 Å². The fourth-order valence-corrected chi connectivity index (χ4v) is 7.93. The number of nitrogens with zero attached hydrogens (tertiary/aromatic N) is 2. The van der Waals surface area contributed by atoms with Crippen molar-refractivity contribution in [3.05, 3.63) is 119 Å². The molecule has 2 aliphatic carbocycles. The molecular formula is C31H27FN2O3S. The third-order valence-electron chi connectivity index (χ3n) is 7.94. The molecule has 0 bridgehead atoms. The lowest BCUT2D eigenvalue weighted by molar-refractivity contribution is 0.0796. The van der Waals surface area contributed by atoms with Gasteiger partial charge >= 0.3 is 0 Å². The summed E-state index contributed by atoms with van der Waals surface area (Å²) in [5.41, 5.74) is 3.87. The van der Waals surface area contributed by atoms with Crippen molar-refractivity contribution in [1.82, 2.24) is 9.55 Å². The lowest BCUT2D eigenvalue weighted by Crippen LogP contribution is -2.45. The van der Waals surface area contributed by atoms with Crippen molar-refractivity contribution in [2.45, 2.75) is 42.8 Å². The molecule has 2 heterocycles. The number of allylic oxidation sites excluding steroid dienone is 1. The Balaban J connectivity index is 1.45. The molecule has 1 fully saturated rings. The Hall–Kier alpha value is -3.84. The van der Waals surface area contributed by atoms with E-state index in [4.69, 9.17) is 0 Å². The number of aryl methyl sites for hydroxylation is 1. The molecule has 0 amide bonds. The molecule has 7 heteroatoms. The maximum absolute atomic E-state index is 14.2. The zero-order chi connectivity index (χ0) is 26.5. The maximum atomic E-state index is 14.2. The second-order valence-corrected chi connectivity index (χ2v) is 12.5. The lowest BCUT2D eigenvalue weighted by Gasteiger charge is -2.43. The zero-order valence-electron chi connectivity index (χ0n) is 21.0. The van der Waals surface area contributed by atoms with E-state index in [1.807, 2.05) is 35.9 Å². The first-order chi connectivity index (χ1) is 18.3. The fraction of sp³-hybridized carbons (Fsp3) is 0.226. The molecule has 0 aliphatic heterocycles. The number of hydrogen-bond acceptors (Lipinski definition) is 4. The van der Waals surface area contributed by atoms with Gasteiger partial charge in [-0.25, -0.2) is 12.8 Å². The molecule has 2 atom stereocenters. The highest BCUT2D eigenvalue weighted by Gasteiger charge is 2.51. The van der Waals surface area contributed by atoms with E-state index in [1.54, 1.807) is 54.7 Å². The largest absolute Gasteiger partial charge is 0.317 e. The molecule has 0 radical (unpaired) electrons. The molecule has 6 rings (SSSR count). The van der Waals surface area contributed by atoms with Crippen LogP contribution in [0, 0.1) is 18.2 Å². The van der Waals surface area contributed by atoms with Gasteiger partial charge in [-0.1, -0.05) is 23.8 Å². The molecule has 2 aromatic carbocycles. The van der Waals surface area contributed by atoms with Gasteiger partial charge in [-0.2, -0.15) is 0 Å². The van der Waals surface area contributed by atoms with Crippen LogP contribution in [0.4, 0.5) is 4.39 Å². The molecule has 0 saturated heterocycles. The minimum atomic E-state index is -3.65. The highest BCUT2D eigenvalue weighted by Crippen LogP contribution is 2.52. The van der Waals surface area contributed by atoms with Crippen LogP contribution in [0.3, 0.4) is 0 Å². The number of halogens is 1. The van der Waals surface area contributed by atoms with Gasteiger partial charge < -0.3 is 4.57 Å². The van der Waals surface area contributed by atoms with Crippen molar-refractivity contribution in [3.8, 4) is 5.69 Å². The first-order valence-electron chi connectivity index (χ1n) is 12.7. The second kappa shape index (κ2) is 9.17. The number of carbonyl (C=O) groups is 1. The summed E-state index contributed by atoms with van der Waals surface area (Å²) in [6.07, 6.45) is 7.07. The average Bonchev–Trinajstić information content (AvgIpc) is 3.34. The molecule has 38 heavy (non-hydrogen) atoms. The van der Waals surface area contributed by atoms with Gasteiger partial charge in [0, 0.05) is 23.8 Å². The van der Waals surface area contributed by atoms with E-state index in [0.717, 1.165) is 28.1 Å². The van der Waals surface area contributed by atoms with Gasteiger partial charge in [0.25, 0.3) is 0 Å². The summed E-state index contributed by atoms with van der Waals surface area (Å²) in [5, 5.41) is -0.685. The van der Waals surface area contributed by atoms with Crippen LogP contribution in [-0.2, 0) is 16.3 Å². The van der Waals surface area contributed by atoms with Crippen LogP contribution in [-0.4, -0.2) is 29.0 Å². The predicted octanol–water partition coefficient (Wildman–Crippen LogP) is 6.16. The number of hydrogen-bond donors (Lipinski definition) is 0. The van der Waals surface area contributed by atoms with Crippen molar-refractivity contribution in [2.75, 3.05) is 0 Å². The number of rotatable bonds is 5. The number of ketones is 1. The summed E-state index contributed by atoms with van der Waals surface area (Å²) < 4.78 is 43.1. The highest BCUT2D eigenvalue weighted by atomic mass is 32.2. The average molecular weight is 527 g/mol. The highest BCUT2D eigenvalue weighted by molar-refractivity contribution is 7.92. The monoisotopic (exact) mass is 526 g/mol. The summed E-state index contributed by atoms with van der Waals surface area (Å²) in [5.74, 6) is -0.449. The van der Waals surface area contributed by atoms with E-state index in [1.165, 1.54) is 12.1 Å². The Morgan fingerprint density at radius 3 is 2.61 bits per heavy atom. The van der Waals surface area contributed by atoms with Crippen LogP contribution in [0.15, 0.2) is 95.7 Å². The molecule has 5 nitrogen and oxygen atoms in total. The van der Waals surface area contributed by atoms with Crippen LogP contribution in [0.1, 0.15) is 46.6 Å². The first-order valence-corrected chi connectivity index (χ1v) is 14.3. The quantitative estimate of drug-likeness (QED) is 0.292. The van der Waals surface area contributed by atoms with Gasteiger partial charge in [-0.3, -0.25) is 9.78 Å². The molecule has 1 saturated carbocycles. The number of Topliss-reactive ketones (excluding diaryl/α,β-unsaturated/α-hetero) is 1. The number of carbonyl (C=O) groups excluding carboxylic acids is 1.